The molecule has 0 spiro atoms. The second kappa shape index (κ2) is 7.51. The van der Waals surface area contributed by atoms with Crippen LogP contribution in [0.3, 0.4) is 0 Å². The van der Waals surface area contributed by atoms with Crippen molar-refractivity contribution in [1.29, 1.82) is 0 Å². The molecule has 2 aromatic heterocycles. The molecule has 0 aromatic carbocycles. The summed E-state index contributed by atoms with van der Waals surface area (Å²) in [6, 6.07) is 0.435. The average molecular weight is 355 g/mol. The highest BCUT2D eigenvalue weighted by Crippen LogP contribution is 2.27. The molecule has 4 rings (SSSR count). The first-order valence-corrected chi connectivity index (χ1v) is 9.72. The summed E-state index contributed by atoms with van der Waals surface area (Å²) in [5.41, 5.74) is 1.11. The van der Waals surface area contributed by atoms with Gasteiger partial charge >= 0.3 is 0 Å². The summed E-state index contributed by atoms with van der Waals surface area (Å²) in [6.07, 6.45) is 12.8. The minimum Gasteiger partial charge on any atom is -0.351 e. The Morgan fingerprint density at radius 3 is 3.04 bits per heavy atom. The molecule has 2 aromatic rings. The normalized spacial score (nSPS) is 23.8. The molecule has 7 heteroatoms. The molecule has 1 N–H and O–H groups in total. The summed E-state index contributed by atoms with van der Waals surface area (Å²) in [5, 5.41) is 3.52. The van der Waals surface area contributed by atoms with E-state index in [4.69, 9.17) is 4.98 Å². The van der Waals surface area contributed by atoms with Crippen molar-refractivity contribution < 1.29 is 0 Å². The SMILES string of the molecule is CN=C(NCc1cn2c(n1)CCCC2)N1CCC(C)C(n2ccnc2)C1. The largest absolute Gasteiger partial charge is 0.351 e. The zero-order valence-corrected chi connectivity index (χ0v) is 15.8. The van der Waals surface area contributed by atoms with Gasteiger partial charge in [0.1, 0.15) is 5.82 Å². The van der Waals surface area contributed by atoms with Crippen molar-refractivity contribution in [2.24, 2.45) is 10.9 Å². The number of nitrogens with one attached hydrogen (secondary N) is 1. The fourth-order valence-electron chi connectivity index (χ4n) is 4.15. The lowest BCUT2D eigenvalue weighted by molar-refractivity contribution is 0.189. The first-order valence-electron chi connectivity index (χ1n) is 9.72. The smallest absolute Gasteiger partial charge is 0.194 e. The van der Waals surface area contributed by atoms with Gasteiger partial charge in [-0.1, -0.05) is 6.92 Å². The Labute approximate surface area is 155 Å². The van der Waals surface area contributed by atoms with Gasteiger partial charge in [-0.2, -0.15) is 0 Å². The molecule has 0 radical (unpaired) electrons. The number of aromatic nitrogens is 4. The van der Waals surface area contributed by atoms with Gasteiger partial charge in [-0.3, -0.25) is 4.99 Å². The van der Waals surface area contributed by atoms with E-state index in [1.165, 1.54) is 18.7 Å². The molecule has 7 nitrogen and oxygen atoms in total. The van der Waals surface area contributed by atoms with Crippen molar-refractivity contribution in [2.45, 2.75) is 51.7 Å². The predicted octanol–water partition coefficient (Wildman–Crippen LogP) is 2.07. The first kappa shape index (κ1) is 17.1. The molecule has 140 valence electrons. The van der Waals surface area contributed by atoms with Crippen molar-refractivity contribution in [2.75, 3.05) is 20.1 Å². The summed E-state index contributed by atoms with van der Waals surface area (Å²) in [4.78, 5) is 15.9. The van der Waals surface area contributed by atoms with Crippen LogP contribution < -0.4 is 5.32 Å². The highest BCUT2D eigenvalue weighted by atomic mass is 15.3. The molecule has 0 aliphatic carbocycles. The molecule has 0 amide bonds. The van der Waals surface area contributed by atoms with E-state index >= 15 is 0 Å². The van der Waals surface area contributed by atoms with E-state index in [1.54, 1.807) is 0 Å². The Balaban J connectivity index is 1.40. The molecule has 0 saturated carbocycles. The highest BCUT2D eigenvalue weighted by Gasteiger charge is 2.29. The Bertz CT molecular complexity index is 723. The number of fused-ring (bicyclic) bond motifs is 1. The third-order valence-electron chi connectivity index (χ3n) is 5.72. The zero-order valence-electron chi connectivity index (χ0n) is 15.8. The predicted molar refractivity (Wildman–Crippen MR) is 102 cm³/mol. The molecule has 2 aliphatic heterocycles. The summed E-state index contributed by atoms with van der Waals surface area (Å²) in [7, 11) is 1.87. The van der Waals surface area contributed by atoms with Gasteiger partial charge in [-0.05, 0) is 25.2 Å². The second-order valence-electron chi connectivity index (χ2n) is 7.49. The number of rotatable bonds is 3. The van der Waals surface area contributed by atoms with Gasteiger partial charge in [0.05, 0.1) is 24.6 Å². The van der Waals surface area contributed by atoms with Crippen LogP contribution >= 0.6 is 0 Å². The molecular weight excluding hydrogens is 326 g/mol. The van der Waals surface area contributed by atoms with E-state index in [0.717, 1.165) is 50.7 Å². The number of guanidine groups is 1. The van der Waals surface area contributed by atoms with Crippen LogP contribution in [0.5, 0.6) is 0 Å². The Morgan fingerprint density at radius 2 is 2.27 bits per heavy atom. The summed E-state index contributed by atoms with van der Waals surface area (Å²) in [6.45, 7) is 6.15. The number of nitrogens with zero attached hydrogens (tertiary/aromatic N) is 6. The standard InChI is InChI=1S/C19H29N7/c1-15-6-9-25(13-17(15)26-10-7-21-14-26)19(20-2)22-11-16-12-24-8-4-3-5-18(24)23-16/h7,10,12,14-15,17H,3-6,8-9,11,13H2,1-2H3,(H,20,22). The lowest BCUT2D eigenvalue weighted by Crippen LogP contribution is -2.48. The number of piperidine rings is 1. The van der Waals surface area contributed by atoms with Gasteiger partial charge in [0.25, 0.3) is 0 Å². The lowest BCUT2D eigenvalue weighted by Gasteiger charge is -2.39. The summed E-state index contributed by atoms with van der Waals surface area (Å²) < 4.78 is 4.54. The van der Waals surface area contributed by atoms with Gasteiger partial charge in [0.15, 0.2) is 5.96 Å². The van der Waals surface area contributed by atoms with E-state index in [9.17, 15) is 0 Å². The number of likely N-dealkylation sites (tertiary alicyclic amines) is 1. The van der Waals surface area contributed by atoms with Crippen LogP contribution in [0.25, 0.3) is 0 Å². The second-order valence-corrected chi connectivity index (χ2v) is 7.49. The van der Waals surface area contributed by atoms with E-state index in [0.29, 0.717) is 12.0 Å². The van der Waals surface area contributed by atoms with Gasteiger partial charge in [-0.15, -0.1) is 0 Å². The quantitative estimate of drug-likeness (QED) is 0.676. The van der Waals surface area contributed by atoms with Crippen LogP contribution in [0.15, 0.2) is 29.9 Å². The molecule has 1 saturated heterocycles. The minimum absolute atomic E-state index is 0.435. The third kappa shape index (κ3) is 3.48. The Morgan fingerprint density at radius 1 is 1.35 bits per heavy atom. The number of hydrogen-bond donors (Lipinski definition) is 1. The number of hydrogen-bond acceptors (Lipinski definition) is 3. The van der Waals surface area contributed by atoms with Crippen molar-refractivity contribution >= 4 is 5.96 Å². The fraction of sp³-hybridized carbons (Fsp3) is 0.632. The molecule has 26 heavy (non-hydrogen) atoms. The fourth-order valence-corrected chi connectivity index (χ4v) is 4.15. The number of aliphatic imine (C=N–C) groups is 1. The summed E-state index contributed by atoms with van der Waals surface area (Å²) in [5.74, 6) is 2.83. The van der Waals surface area contributed by atoms with E-state index in [2.05, 4.69) is 48.6 Å². The maximum absolute atomic E-state index is 4.78. The van der Waals surface area contributed by atoms with Gasteiger partial charge in [-0.25, -0.2) is 9.97 Å². The molecule has 2 unspecified atom stereocenters. The van der Waals surface area contributed by atoms with Crippen molar-refractivity contribution in [3.8, 4) is 0 Å². The van der Waals surface area contributed by atoms with Crippen LogP contribution in [0.1, 0.15) is 43.7 Å². The third-order valence-corrected chi connectivity index (χ3v) is 5.72. The van der Waals surface area contributed by atoms with Crippen LogP contribution in [0.4, 0.5) is 0 Å². The van der Waals surface area contributed by atoms with Gasteiger partial charge < -0.3 is 19.4 Å². The minimum atomic E-state index is 0.435. The van der Waals surface area contributed by atoms with Crippen LogP contribution in [-0.2, 0) is 19.5 Å². The number of aryl methyl sites for hydroxylation is 2. The first-order chi connectivity index (χ1) is 12.7. The maximum Gasteiger partial charge on any atom is 0.194 e. The molecule has 4 heterocycles. The Kier molecular flexibility index (Phi) is 4.95. The van der Waals surface area contributed by atoms with Crippen molar-refractivity contribution in [3.05, 3.63) is 36.4 Å². The highest BCUT2D eigenvalue weighted by molar-refractivity contribution is 5.80. The van der Waals surface area contributed by atoms with Crippen LogP contribution in [0, 0.1) is 5.92 Å². The maximum atomic E-state index is 4.78. The topological polar surface area (TPSA) is 63.3 Å². The number of imidazole rings is 2. The van der Waals surface area contributed by atoms with E-state index < -0.39 is 0 Å². The Hall–Kier alpha value is -2.31. The van der Waals surface area contributed by atoms with Crippen LogP contribution in [0.2, 0.25) is 0 Å². The molecule has 2 atom stereocenters. The molecule has 1 fully saturated rings. The van der Waals surface area contributed by atoms with Crippen molar-refractivity contribution in [1.82, 2.24) is 29.3 Å². The molecule has 2 aliphatic rings. The zero-order chi connectivity index (χ0) is 17.9. The lowest BCUT2D eigenvalue weighted by atomic mass is 9.93. The van der Waals surface area contributed by atoms with Crippen LogP contribution in [-0.4, -0.2) is 50.1 Å². The van der Waals surface area contributed by atoms with Gasteiger partial charge in [0.2, 0.25) is 0 Å². The average Bonchev–Trinajstić information content (AvgIpc) is 3.32. The van der Waals surface area contributed by atoms with E-state index in [1.807, 2.05) is 19.6 Å². The molecule has 0 bridgehead atoms. The van der Waals surface area contributed by atoms with E-state index in [-0.39, 0.29) is 0 Å². The molecular formula is C19H29N7. The monoisotopic (exact) mass is 355 g/mol. The van der Waals surface area contributed by atoms with Gasteiger partial charge in [0, 0.05) is 51.7 Å². The summed E-state index contributed by atoms with van der Waals surface area (Å²) >= 11 is 0. The van der Waals surface area contributed by atoms with Crippen molar-refractivity contribution in [3.63, 3.8) is 0 Å².